The van der Waals surface area contributed by atoms with Crippen LogP contribution in [-0.4, -0.2) is 34.6 Å². The molecule has 4 rings (SSSR count). The highest BCUT2D eigenvalue weighted by Gasteiger charge is 2.48. The fourth-order valence-electron chi connectivity index (χ4n) is 4.41. The lowest BCUT2D eigenvalue weighted by molar-refractivity contribution is -0.886. The molecule has 28 heavy (non-hydrogen) atoms. The van der Waals surface area contributed by atoms with E-state index in [9.17, 15) is 21.6 Å². The average Bonchev–Trinajstić information content (AvgIpc) is 2.95. The molecule has 1 N–H and O–H groups in total. The number of hydrogen-bond donors (Lipinski definition) is 1. The van der Waals surface area contributed by atoms with Crippen LogP contribution in [0.15, 0.2) is 47.4 Å². The van der Waals surface area contributed by atoms with Crippen LogP contribution >= 0.6 is 0 Å². The van der Waals surface area contributed by atoms with Crippen LogP contribution in [0.25, 0.3) is 0 Å². The van der Waals surface area contributed by atoms with Crippen LogP contribution in [-0.2, 0) is 16.2 Å². The quantitative estimate of drug-likeness (QED) is 0.826. The molecular formula is C20H22F3N2O2S+. The van der Waals surface area contributed by atoms with Crippen LogP contribution in [0.4, 0.5) is 18.9 Å². The maximum Gasteiger partial charge on any atom is 0.416 e. The summed E-state index contributed by atoms with van der Waals surface area (Å²) in [5.74, 6) is 0.0456. The molecule has 0 bridgehead atoms. The Morgan fingerprint density at radius 3 is 2.61 bits per heavy atom. The van der Waals surface area contributed by atoms with Crippen LogP contribution < -0.4 is 9.21 Å². The Morgan fingerprint density at radius 1 is 1.14 bits per heavy atom. The molecular weight excluding hydrogens is 389 g/mol. The van der Waals surface area contributed by atoms with Crippen molar-refractivity contribution in [3.8, 4) is 0 Å². The summed E-state index contributed by atoms with van der Waals surface area (Å²) < 4.78 is 67.6. The Morgan fingerprint density at radius 2 is 1.89 bits per heavy atom. The summed E-state index contributed by atoms with van der Waals surface area (Å²) in [6, 6.07) is 9.39. The largest absolute Gasteiger partial charge is 0.416 e. The zero-order valence-corrected chi connectivity index (χ0v) is 16.4. The molecule has 150 valence electrons. The minimum Gasteiger partial charge on any atom is -0.337 e. The highest BCUT2D eigenvalue weighted by molar-refractivity contribution is 7.92. The van der Waals surface area contributed by atoms with Gasteiger partial charge in [-0.1, -0.05) is 23.8 Å². The van der Waals surface area contributed by atoms with E-state index in [1.165, 1.54) is 15.3 Å². The number of likely N-dealkylation sites (tertiary alicyclic amines) is 1. The van der Waals surface area contributed by atoms with Gasteiger partial charge in [0.2, 0.25) is 0 Å². The number of quaternary nitrogens is 1. The van der Waals surface area contributed by atoms with Gasteiger partial charge in [0.05, 0.1) is 48.2 Å². The van der Waals surface area contributed by atoms with Crippen molar-refractivity contribution in [2.45, 2.75) is 36.4 Å². The zero-order chi connectivity index (χ0) is 20.3. The molecule has 2 heterocycles. The summed E-state index contributed by atoms with van der Waals surface area (Å²) in [6.07, 6.45) is -3.92. The molecule has 8 heteroatoms. The number of piperidine rings is 1. The molecule has 0 amide bonds. The lowest BCUT2D eigenvalue weighted by atomic mass is 9.89. The van der Waals surface area contributed by atoms with Gasteiger partial charge in [0.25, 0.3) is 10.0 Å². The van der Waals surface area contributed by atoms with Crippen molar-refractivity contribution in [2.24, 2.45) is 0 Å². The van der Waals surface area contributed by atoms with Crippen molar-refractivity contribution in [3.63, 3.8) is 0 Å². The first-order valence-electron chi connectivity index (χ1n) is 9.22. The van der Waals surface area contributed by atoms with Crippen molar-refractivity contribution in [1.82, 2.24) is 0 Å². The Balaban J connectivity index is 1.84. The summed E-state index contributed by atoms with van der Waals surface area (Å²) in [7, 11) is -2.03. The van der Waals surface area contributed by atoms with Crippen LogP contribution in [0.3, 0.4) is 0 Å². The second kappa shape index (κ2) is 6.49. The predicted molar refractivity (Wildman–Crippen MR) is 100 cm³/mol. The van der Waals surface area contributed by atoms with Crippen LogP contribution in [0, 0.1) is 6.92 Å². The maximum atomic E-state index is 13.4. The molecule has 3 atom stereocenters. The molecule has 4 nitrogen and oxygen atoms in total. The van der Waals surface area contributed by atoms with E-state index in [-0.39, 0.29) is 16.9 Å². The first-order valence-corrected chi connectivity index (χ1v) is 10.7. The van der Waals surface area contributed by atoms with E-state index >= 15 is 0 Å². The predicted octanol–water partition coefficient (Wildman–Crippen LogP) is 2.59. The number of fused-ring (bicyclic) bond motifs is 3. The van der Waals surface area contributed by atoms with E-state index in [4.69, 9.17) is 0 Å². The Kier molecular flexibility index (Phi) is 4.46. The molecule has 2 aromatic rings. The lowest BCUT2D eigenvalue weighted by Crippen LogP contribution is -3.11. The highest BCUT2D eigenvalue weighted by atomic mass is 32.2. The number of hydrogen-bond acceptors (Lipinski definition) is 2. The van der Waals surface area contributed by atoms with Crippen LogP contribution in [0.2, 0.25) is 0 Å². The molecule has 0 saturated carbocycles. The molecule has 2 aliphatic rings. The van der Waals surface area contributed by atoms with Gasteiger partial charge in [0.1, 0.15) is 0 Å². The van der Waals surface area contributed by atoms with Crippen molar-refractivity contribution in [2.75, 3.05) is 24.4 Å². The number of benzene rings is 2. The van der Waals surface area contributed by atoms with Crippen molar-refractivity contribution in [3.05, 3.63) is 59.2 Å². The number of alkyl halides is 3. The number of nitrogens with zero attached hydrogens (tertiary/aromatic N) is 1. The minimum absolute atomic E-state index is 0.0456. The fourth-order valence-corrected chi connectivity index (χ4v) is 6.20. The van der Waals surface area contributed by atoms with Gasteiger partial charge in [0.15, 0.2) is 0 Å². The standard InChI is InChI=1S/C20H21F3N2O2S/c1-13-6-7-18-16(10-13)17-12-24(2)9-8-19(17)25(18)28(26,27)15-5-3-4-14(11-15)20(21,22)23/h3-7,10-11,17,19H,8-9,12H2,1-2H3/p+1/t17-,19+/m1/s1. The number of sulfonamides is 1. The molecule has 1 unspecified atom stereocenters. The average molecular weight is 411 g/mol. The van der Waals surface area contributed by atoms with Gasteiger partial charge < -0.3 is 4.90 Å². The third-order valence-electron chi connectivity index (χ3n) is 5.74. The first kappa shape index (κ1) is 19.3. The van der Waals surface area contributed by atoms with E-state index in [0.29, 0.717) is 12.1 Å². The topological polar surface area (TPSA) is 41.8 Å². The van der Waals surface area contributed by atoms with Gasteiger partial charge >= 0.3 is 6.18 Å². The van der Waals surface area contributed by atoms with Gasteiger partial charge in [0, 0.05) is 6.42 Å². The van der Waals surface area contributed by atoms with Gasteiger partial charge in [-0.15, -0.1) is 0 Å². The summed E-state index contributed by atoms with van der Waals surface area (Å²) >= 11 is 0. The third-order valence-corrected chi connectivity index (χ3v) is 7.57. The smallest absolute Gasteiger partial charge is 0.337 e. The van der Waals surface area contributed by atoms with E-state index in [1.54, 1.807) is 6.07 Å². The summed E-state index contributed by atoms with van der Waals surface area (Å²) in [5, 5.41) is 0. The number of nitrogens with one attached hydrogen (secondary N) is 1. The van der Waals surface area contributed by atoms with E-state index in [0.717, 1.165) is 42.4 Å². The van der Waals surface area contributed by atoms with E-state index < -0.39 is 21.8 Å². The minimum atomic E-state index is -4.59. The molecule has 0 radical (unpaired) electrons. The van der Waals surface area contributed by atoms with Gasteiger partial charge in [-0.3, -0.25) is 4.31 Å². The molecule has 1 saturated heterocycles. The highest BCUT2D eigenvalue weighted by Crippen LogP contribution is 2.46. The molecule has 0 spiro atoms. The second-order valence-corrected chi connectivity index (χ2v) is 9.58. The number of aryl methyl sites for hydroxylation is 1. The molecule has 0 aromatic heterocycles. The zero-order valence-electron chi connectivity index (χ0n) is 15.6. The SMILES string of the molecule is Cc1ccc2c(c1)[C@H]1C[NH+](C)CC[C@@H]1N2S(=O)(=O)c1cccc(C(F)(F)F)c1. The monoisotopic (exact) mass is 411 g/mol. The lowest BCUT2D eigenvalue weighted by Gasteiger charge is -2.34. The summed E-state index contributed by atoms with van der Waals surface area (Å²) in [6.45, 7) is 3.58. The molecule has 2 aliphatic heterocycles. The number of anilines is 1. The summed E-state index contributed by atoms with van der Waals surface area (Å²) in [5.41, 5.74) is 1.65. The van der Waals surface area contributed by atoms with E-state index in [2.05, 4.69) is 7.05 Å². The fraction of sp³-hybridized carbons (Fsp3) is 0.400. The third kappa shape index (κ3) is 3.08. The van der Waals surface area contributed by atoms with Crippen molar-refractivity contribution in [1.29, 1.82) is 0 Å². The molecule has 0 aliphatic carbocycles. The van der Waals surface area contributed by atoms with Gasteiger partial charge in [-0.25, -0.2) is 8.42 Å². The maximum absolute atomic E-state index is 13.4. The van der Waals surface area contributed by atoms with Crippen LogP contribution in [0.1, 0.15) is 29.0 Å². The van der Waals surface area contributed by atoms with Crippen molar-refractivity contribution >= 4 is 15.7 Å². The van der Waals surface area contributed by atoms with Crippen molar-refractivity contribution < 1.29 is 26.5 Å². The van der Waals surface area contributed by atoms with Crippen LogP contribution in [0.5, 0.6) is 0 Å². The summed E-state index contributed by atoms with van der Waals surface area (Å²) in [4.78, 5) is 1.01. The van der Waals surface area contributed by atoms with Gasteiger partial charge in [-0.05, 0) is 36.8 Å². The Labute approximate surface area is 162 Å². The van der Waals surface area contributed by atoms with Gasteiger partial charge in [-0.2, -0.15) is 13.2 Å². The molecule has 1 fully saturated rings. The first-order chi connectivity index (χ1) is 13.1. The van der Waals surface area contributed by atoms with E-state index in [1.807, 2.05) is 19.1 Å². The normalized spacial score (nSPS) is 24.8. The molecule has 2 aromatic carbocycles. The number of halogens is 3. The number of rotatable bonds is 2. The Hall–Kier alpha value is -2.06. The second-order valence-electron chi connectivity index (χ2n) is 7.76. The number of likely N-dealkylation sites (N-methyl/N-ethyl adjacent to an activating group) is 1. The Bertz CT molecular complexity index is 1020.